The number of nitrogens with one attached hydrogen (secondary N) is 1. The average molecular weight is 439 g/mol. The molecule has 5 heteroatoms. The predicted molar refractivity (Wildman–Crippen MR) is 128 cm³/mol. The van der Waals surface area contributed by atoms with Crippen molar-refractivity contribution in [2.24, 2.45) is 0 Å². The molecule has 0 radical (unpaired) electrons. The summed E-state index contributed by atoms with van der Waals surface area (Å²) in [5, 5.41) is 15.0. The lowest BCUT2D eigenvalue weighted by molar-refractivity contribution is -0.112. The van der Waals surface area contributed by atoms with Gasteiger partial charge in [-0.25, -0.2) is 0 Å². The van der Waals surface area contributed by atoms with E-state index in [-0.39, 0.29) is 5.57 Å². The highest BCUT2D eigenvalue weighted by Gasteiger charge is 2.12. The molecule has 1 N–H and O–H groups in total. The molecule has 0 saturated carbocycles. The molecule has 4 nitrogen and oxygen atoms in total. The maximum atomic E-state index is 12.6. The number of nitriles is 1. The number of anilines is 1. The number of fused-ring (bicyclic) bond motifs is 1. The fourth-order valence-corrected chi connectivity index (χ4v) is 3.54. The Bertz CT molecular complexity index is 1340. The van der Waals surface area contributed by atoms with Crippen LogP contribution in [0, 0.1) is 11.3 Å². The standard InChI is InChI=1S/C27H19ClN2O2/c28-23-13-14-26(32-18-20-9-6-8-19-7-4-5-12-25(19)20)21(16-23)15-22(17-29)27(31)30-24-10-2-1-3-11-24/h1-16H,18H2,(H,30,31)/b22-15+. The number of hydrogen-bond donors (Lipinski definition) is 1. The number of benzene rings is 4. The summed E-state index contributed by atoms with van der Waals surface area (Å²) in [5.74, 6) is 0.0290. The average Bonchev–Trinajstić information content (AvgIpc) is 2.82. The smallest absolute Gasteiger partial charge is 0.266 e. The van der Waals surface area contributed by atoms with Crippen LogP contribution < -0.4 is 10.1 Å². The lowest BCUT2D eigenvalue weighted by atomic mass is 10.1. The van der Waals surface area contributed by atoms with Crippen LogP contribution in [0.3, 0.4) is 0 Å². The molecule has 0 fully saturated rings. The summed E-state index contributed by atoms with van der Waals surface area (Å²) >= 11 is 6.18. The topological polar surface area (TPSA) is 62.1 Å². The Balaban J connectivity index is 1.60. The molecule has 0 unspecified atom stereocenters. The van der Waals surface area contributed by atoms with Crippen LogP contribution in [0.15, 0.2) is 96.6 Å². The van der Waals surface area contributed by atoms with E-state index in [2.05, 4.69) is 23.5 Å². The molecule has 4 aromatic rings. The minimum Gasteiger partial charge on any atom is -0.488 e. The number of nitrogens with zero attached hydrogens (tertiary/aromatic N) is 1. The van der Waals surface area contributed by atoms with Crippen molar-refractivity contribution in [2.45, 2.75) is 6.61 Å². The Morgan fingerprint density at radius 2 is 1.72 bits per heavy atom. The molecule has 4 rings (SSSR count). The van der Waals surface area contributed by atoms with Crippen molar-refractivity contribution >= 4 is 40.0 Å². The van der Waals surface area contributed by atoms with E-state index in [0.29, 0.717) is 28.6 Å². The second kappa shape index (κ2) is 9.82. The van der Waals surface area contributed by atoms with Gasteiger partial charge >= 0.3 is 0 Å². The summed E-state index contributed by atoms with van der Waals surface area (Å²) in [6.07, 6.45) is 1.49. The summed E-state index contributed by atoms with van der Waals surface area (Å²) in [4.78, 5) is 12.6. The SMILES string of the molecule is N#C/C(=C\c1cc(Cl)ccc1OCc1cccc2ccccc12)C(=O)Nc1ccccc1. The van der Waals surface area contributed by atoms with Gasteiger partial charge in [0.15, 0.2) is 0 Å². The van der Waals surface area contributed by atoms with Gasteiger partial charge < -0.3 is 10.1 Å². The number of carbonyl (C=O) groups is 1. The second-order valence-electron chi connectivity index (χ2n) is 7.10. The van der Waals surface area contributed by atoms with Crippen molar-refractivity contribution in [1.82, 2.24) is 0 Å². The van der Waals surface area contributed by atoms with Crippen molar-refractivity contribution in [1.29, 1.82) is 5.26 Å². The number of hydrogen-bond acceptors (Lipinski definition) is 3. The Kier molecular flexibility index (Phi) is 6.50. The van der Waals surface area contributed by atoms with Gasteiger partial charge in [-0.1, -0.05) is 72.3 Å². The molecule has 0 spiro atoms. The molecule has 0 heterocycles. The van der Waals surface area contributed by atoms with E-state index in [1.165, 1.54) is 6.08 Å². The lowest BCUT2D eigenvalue weighted by Gasteiger charge is -2.12. The first-order valence-electron chi connectivity index (χ1n) is 10.0. The second-order valence-corrected chi connectivity index (χ2v) is 7.54. The van der Waals surface area contributed by atoms with Crippen molar-refractivity contribution in [3.63, 3.8) is 0 Å². The molecule has 0 aliphatic carbocycles. The molecule has 0 atom stereocenters. The minimum absolute atomic E-state index is 0.0499. The van der Waals surface area contributed by atoms with E-state index >= 15 is 0 Å². The van der Waals surface area contributed by atoms with Gasteiger partial charge in [-0.15, -0.1) is 0 Å². The van der Waals surface area contributed by atoms with Crippen LogP contribution in [0.5, 0.6) is 5.75 Å². The van der Waals surface area contributed by atoms with Gasteiger partial charge in [0.25, 0.3) is 5.91 Å². The summed E-state index contributed by atoms with van der Waals surface area (Å²) in [5.41, 5.74) is 2.15. The number of carbonyl (C=O) groups excluding carboxylic acids is 1. The van der Waals surface area contributed by atoms with Crippen molar-refractivity contribution in [3.8, 4) is 11.8 Å². The highest BCUT2D eigenvalue weighted by atomic mass is 35.5. The lowest BCUT2D eigenvalue weighted by Crippen LogP contribution is -2.13. The summed E-state index contributed by atoms with van der Waals surface area (Å²) < 4.78 is 6.09. The third kappa shape index (κ3) is 4.97. The number of halogens is 1. The van der Waals surface area contributed by atoms with Crippen LogP contribution in [0.1, 0.15) is 11.1 Å². The Hall–Kier alpha value is -4.07. The van der Waals surface area contributed by atoms with Crippen LogP contribution in [-0.2, 0) is 11.4 Å². The maximum absolute atomic E-state index is 12.6. The summed E-state index contributed by atoms with van der Waals surface area (Å²) in [6.45, 7) is 0.335. The number of para-hydroxylation sites is 1. The molecule has 1 amide bonds. The van der Waals surface area contributed by atoms with E-state index < -0.39 is 5.91 Å². The van der Waals surface area contributed by atoms with Crippen LogP contribution in [0.4, 0.5) is 5.69 Å². The Labute approximate surface area is 191 Å². The quantitative estimate of drug-likeness (QED) is 0.272. The fourth-order valence-electron chi connectivity index (χ4n) is 3.36. The van der Waals surface area contributed by atoms with Crippen LogP contribution in [0.25, 0.3) is 16.8 Å². The molecule has 0 saturated heterocycles. The van der Waals surface area contributed by atoms with Gasteiger partial charge in [-0.3, -0.25) is 4.79 Å². The molecule has 4 aromatic carbocycles. The molecule has 0 aliphatic rings. The normalized spacial score (nSPS) is 11.1. The molecule has 32 heavy (non-hydrogen) atoms. The van der Waals surface area contributed by atoms with Gasteiger partial charge in [-0.05, 0) is 52.7 Å². The van der Waals surface area contributed by atoms with Crippen LogP contribution >= 0.6 is 11.6 Å². The highest BCUT2D eigenvalue weighted by Crippen LogP contribution is 2.28. The zero-order valence-corrected chi connectivity index (χ0v) is 17.8. The monoisotopic (exact) mass is 438 g/mol. The largest absolute Gasteiger partial charge is 0.488 e. The van der Waals surface area contributed by atoms with Crippen molar-refractivity contribution < 1.29 is 9.53 Å². The third-order valence-corrected chi connectivity index (χ3v) is 5.17. The fraction of sp³-hybridized carbons (Fsp3) is 0.0370. The minimum atomic E-state index is -0.501. The van der Waals surface area contributed by atoms with Gasteiger partial charge in [0.05, 0.1) is 0 Å². The van der Waals surface area contributed by atoms with E-state index in [9.17, 15) is 10.1 Å². The number of ether oxygens (including phenoxy) is 1. The number of amides is 1. The highest BCUT2D eigenvalue weighted by molar-refractivity contribution is 6.30. The third-order valence-electron chi connectivity index (χ3n) is 4.93. The van der Waals surface area contributed by atoms with E-state index in [1.807, 2.05) is 48.5 Å². The maximum Gasteiger partial charge on any atom is 0.266 e. The van der Waals surface area contributed by atoms with Crippen molar-refractivity contribution in [2.75, 3.05) is 5.32 Å². The zero-order valence-electron chi connectivity index (χ0n) is 17.1. The first-order valence-corrected chi connectivity index (χ1v) is 10.4. The van der Waals surface area contributed by atoms with E-state index in [1.54, 1.807) is 30.3 Å². The van der Waals surface area contributed by atoms with Gasteiger partial charge in [-0.2, -0.15) is 5.26 Å². The van der Waals surface area contributed by atoms with Crippen LogP contribution in [0.2, 0.25) is 5.02 Å². The molecule has 0 aromatic heterocycles. The summed E-state index contributed by atoms with van der Waals surface area (Å²) in [6, 6.07) is 30.2. The van der Waals surface area contributed by atoms with E-state index in [4.69, 9.17) is 16.3 Å². The molecular weight excluding hydrogens is 420 g/mol. The molecular formula is C27H19ClN2O2. The zero-order chi connectivity index (χ0) is 22.3. The van der Waals surface area contributed by atoms with Gasteiger partial charge in [0, 0.05) is 16.3 Å². The van der Waals surface area contributed by atoms with Gasteiger partial charge in [0.2, 0.25) is 0 Å². The van der Waals surface area contributed by atoms with Crippen LogP contribution in [-0.4, -0.2) is 5.91 Å². The first-order chi connectivity index (χ1) is 15.6. The number of rotatable bonds is 6. The molecule has 156 valence electrons. The van der Waals surface area contributed by atoms with Gasteiger partial charge in [0.1, 0.15) is 24.0 Å². The summed E-state index contributed by atoms with van der Waals surface area (Å²) in [7, 11) is 0. The molecule has 0 bridgehead atoms. The van der Waals surface area contributed by atoms with E-state index in [0.717, 1.165) is 16.3 Å². The first kappa shape index (κ1) is 21.2. The van der Waals surface area contributed by atoms with Crippen molar-refractivity contribution in [3.05, 3.63) is 113 Å². The Morgan fingerprint density at radius 3 is 2.53 bits per heavy atom. The Morgan fingerprint density at radius 1 is 0.969 bits per heavy atom. The predicted octanol–water partition coefficient (Wildman–Crippen LogP) is 6.62. The molecule has 0 aliphatic heterocycles.